The molecule has 5 heteroatoms. The number of amides is 2. The van der Waals surface area contributed by atoms with Gasteiger partial charge in [0.05, 0.1) is 0 Å². The molecule has 25 heavy (non-hydrogen) atoms. The SMILES string of the molecule is C/C(=C/C(=O)N1CCC(C(=O)N2CCCC2)CC1)c1ccc(F)cc1. The van der Waals surface area contributed by atoms with Crippen LogP contribution in [0.4, 0.5) is 4.39 Å². The van der Waals surface area contributed by atoms with Gasteiger partial charge in [0.1, 0.15) is 5.82 Å². The van der Waals surface area contributed by atoms with Gasteiger partial charge in [-0.25, -0.2) is 4.39 Å². The van der Waals surface area contributed by atoms with Crippen LogP contribution in [-0.4, -0.2) is 47.8 Å². The first-order valence-corrected chi connectivity index (χ1v) is 9.06. The molecule has 134 valence electrons. The number of likely N-dealkylation sites (tertiary alicyclic amines) is 2. The number of hydrogen-bond donors (Lipinski definition) is 0. The smallest absolute Gasteiger partial charge is 0.246 e. The van der Waals surface area contributed by atoms with E-state index in [4.69, 9.17) is 0 Å². The van der Waals surface area contributed by atoms with Crippen molar-refractivity contribution in [3.05, 3.63) is 41.7 Å². The Labute approximate surface area is 148 Å². The first-order valence-electron chi connectivity index (χ1n) is 9.06. The Kier molecular flexibility index (Phi) is 5.51. The molecule has 3 rings (SSSR count). The molecule has 0 bridgehead atoms. The zero-order chi connectivity index (χ0) is 17.8. The van der Waals surface area contributed by atoms with Gasteiger partial charge >= 0.3 is 0 Å². The van der Waals surface area contributed by atoms with Crippen LogP contribution >= 0.6 is 0 Å². The summed E-state index contributed by atoms with van der Waals surface area (Å²) in [4.78, 5) is 28.7. The molecule has 2 fully saturated rings. The van der Waals surface area contributed by atoms with Crippen LogP contribution < -0.4 is 0 Å². The Morgan fingerprint density at radius 1 is 1.00 bits per heavy atom. The van der Waals surface area contributed by atoms with Crippen molar-refractivity contribution in [2.45, 2.75) is 32.6 Å². The van der Waals surface area contributed by atoms with Crippen LogP contribution in [0.1, 0.15) is 38.2 Å². The highest BCUT2D eigenvalue weighted by Gasteiger charge is 2.30. The van der Waals surface area contributed by atoms with Crippen LogP contribution in [0.15, 0.2) is 30.3 Å². The average Bonchev–Trinajstić information content (AvgIpc) is 3.16. The summed E-state index contributed by atoms with van der Waals surface area (Å²) in [5, 5.41) is 0. The summed E-state index contributed by atoms with van der Waals surface area (Å²) in [6.07, 6.45) is 5.30. The van der Waals surface area contributed by atoms with E-state index >= 15 is 0 Å². The average molecular weight is 344 g/mol. The summed E-state index contributed by atoms with van der Waals surface area (Å²) in [7, 11) is 0. The quantitative estimate of drug-likeness (QED) is 0.791. The van der Waals surface area contributed by atoms with Gasteiger partial charge in [0, 0.05) is 38.2 Å². The highest BCUT2D eigenvalue weighted by Crippen LogP contribution is 2.23. The first kappa shape index (κ1) is 17.6. The minimum atomic E-state index is -0.285. The lowest BCUT2D eigenvalue weighted by atomic mass is 9.95. The predicted octanol–water partition coefficient (Wildman–Crippen LogP) is 3.09. The lowest BCUT2D eigenvalue weighted by molar-refractivity contribution is -0.138. The molecule has 0 radical (unpaired) electrons. The molecular formula is C20H25FN2O2. The van der Waals surface area contributed by atoms with Crippen molar-refractivity contribution in [1.82, 2.24) is 9.80 Å². The second-order valence-electron chi connectivity index (χ2n) is 6.97. The summed E-state index contributed by atoms with van der Waals surface area (Å²) in [5.41, 5.74) is 1.66. The maximum atomic E-state index is 13.0. The molecule has 0 unspecified atom stereocenters. The molecule has 2 amide bonds. The number of benzene rings is 1. The minimum Gasteiger partial charge on any atom is -0.342 e. The molecule has 0 N–H and O–H groups in total. The van der Waals surface area contributed by atoms with Gasteiger partial charge in [-0.2, -0.15) is 0 Å². The monoisotopic (exact) mass is 344 g/mol. The Balaban J connectivity index is 1.55. The molecule has 1 aromatic carbocycles. The summed E-state index contributed by atoms with van der Waals surface area (Å²) in [6.45, 7) is 4.87. The maximum Gasteiger partial charge on any atom is 0.246 e. The van der Waals surface area contributed by atoms with Gasteiger partial charge in [-0.05, 0) is 55.9 Å². The molecule has 0 aromatic heterocycles. The van der Waals surface area contributed by atoms with Crippen LogP contribution in [0.25, 0.3) is 5.57 Å². The third kappa shape index (κ3) is 4.27. The van der Waals surface area contributed by atoms with Crippen molar-refractivity contribution in [3.8, 4) is 0 Å². The summed E-state index contributed by atoms with van der Waals surface area (Å²) < 4.78 is 13.0. The Morgan fingerprint density at radius 2 is 1.60 bits per heavy atom. The third-order valence-corrected chi connectivity index (χ3v) is 5.21. The number of carbonyl (C=O) groups excluding carboxylic acids is 2. The number of carbonyl (C=O) groups is 2. The summed E-state index contributed by atoms with van der Waals surface area (Å²) in [5.74, 6) is 0.00785. The molecule has 0 atom stereocenters. The van der Waals surface area contributed by atoms with Gasteiger partial charge in [0.15, 0.2) is 0 Å². The molecule has 1 aromatic rings. The molecule has 0 spiro atoms. The lowest BCUT2D eigenvalue weighted by Gasteiger charge is -2.32. The maximum absolute atomic E-state index is 13.0. The molecule has 2 heterocycles. The molecule has 2 aliphatic rings. The van der Waals surface area contributed by atoms with E-state index in [0.29, 0.717) is 13.1 Å². The summed E-state index contributed by atoms with van der Waals surface area (Å²) >= 11 is 0. The number of halogens is 1. The van der Waals surface area contributed by atoms with Gasteiger partial charge < -0.3 is 9.80 Å². The zero-order valence-corrected chi connectivity index (χ0v) is 14.7. The Bertz CT molecular complexity index is 655. The van der Waals surface area contributed by atoms with E-state index in [0.717, 1.165) is 49.9 Å². The van der Waals surface area contributed by atoms with E-state index in [2.05, 4.69) is 0 Å². The van der Waals surface area contributed by atoms with Crippen molar-refractivity contribution in [1.29, 1.82) is 0 Å². The summed E-state index contributed by atoms with van der Waals surface area (Å²) in [6, 6.07) is 6.14. The molecule has 2 saturated heterocycles. The number of piperidine rings is 1. The van der Waals surface area contributed by atoms with E-state index < -0.39 is 0 Å². The standard InChI is InChI=1S/C20H25FN2O2/c1-15(16-4-6-18(21)7-5-16)14-19(24)22-12-8-17(9-13-22)20(25)23-10-2-3-11-23/h4-7,14,17H,2-3,8-13H2,1H3/b15-14-. The topological polar surface area (TPSA) is 40.6 Å². The molecule has 2 aliphatic heterocycles. The molecule has 0 saturated carbocycles. The second kappa shape index (κ2) is 7.81. The second-order valence-corrected chi connectivity index (χ2v) is 6.97. The van der Waals surface area contributed by atoms with Gasteiger partial charge in [-0.1, -0.05) is 12.1 Å². The Morgan fingerprint density at radius 3 is 2.20 bits per heavy atom. The van der Waals surface area contributed by atoms with Crippen molar-refractivity contribution in [3.63, 3.8) is 0 Å². The van der Waals surface area contributed by atoms with Gasteiger partial charge in [0.2, 0.25) is 11.8 Å². The van der Waals surface area contributed by atoms with E-state index in [1.165, 1.54) is 12.1 Å². The number of rotatable bonds is 3. The van der Waals surface area contributed by atoms with Crippen molar-refractivity contribution in [2.75, 3.05) is 26.2 Å². The highest BCUT2D eigenvalue weighted by molar-refractivity contribution is 5.95. The molecule has 4 nitrogen and oxygen atoms in total. The van der Waals surface area contributed by atoms with Gasteiger partial charge in [0.25, 0.3) is 0 Å². The van der Waals surface area contributed by atoms with Crippen molar-refractivity contribution >= 4 is 17.4 Å². The lowest BCUT2D eigenvalue weighted by Crippen LogP contribution is -2.43. The highest BCUT2D eigenvalue weighted by atomic mass is 19.1. The first-order chi connectivity index (χ1) is 12.0. The van der Waals surface area contributed by atoms with Crippen LogP contribution in [-0.2, 0) is 9.59 Å². The third-order valence-electron chi connectivity index (χ3n) is 5.21. The number of allylic oxidation sites excluding steroid dienone is 1. The fourth-order valence-corrected chi connectivity index (χ4v) is 3.62. The van der Waals surface area contributed by atoms with Crippen LogP contribution in [0.5, 0.6) is 0 Å². The predicted molar refractivity (Wildman–Crippen MR) is 95.2 cm³/mol. The molecular weight excluding hydrogens is 319 g/mol. The fourth-order valence-electron chi connectivity index (χ4n) is 3.62. The Hall–Kier alpha value is -2.17. The number of hydrogen-bond acceptors (Lipinski definition) is 2. The minimum absolute atomic E-state index is 0.0334. The van der Waals surface area contributed by atoms with E-state index in [9.17, 15) is 14.0 Å². The van der Waals surface area contributed by atoms with Gasteiger partial charge in [-0.3, -0.25) is 9.59 Å². The van der Waals surface area contributed by atoms with Crippen LogP contribution in [0.3, 0.4) is 0 Å². The molecule has 0 aliphatic carbocycles. The zero-order valence-electron chi connectivity index (χ0n) is 14.7. The number of nitrogens with zero attached hydrogens (tertiary/aromatic N) is 2. The van der Waals surface area contributed by atoms with Gasteiger partial charge in [-0.15, -0.1) is 0 Å². The normalized spacial score (nSPS) is 19.4. The fraction of sp³-hybridized carbons (Fsp3) is 0.500. The van der Waals surface area contributed by atoms with E-state index in [-0.39, 0.29) is 23.5 Å². The van der Waals surface area contributed by atoms with Crippen LogP contribution in [0, 0.1) is 11.7 Å². The van der Waals surface area contributed by atoms with Crippen LogP contribution in [0.2, 0.25) is 0 Å². The van der Waals surface area contributed by atoms with Crippen molar-refractivity contribution < 1.29 is 14.0 Å². The van der Waals surface area contributed by atoms with Crippen molar-refractivity contribution in [2.24, 2.45) is 5.92 Å². The van der Waals surface area contributed by atoms with E-state index in [1.54, 1.807) is 23.1 Å². The largest absolute Gasteiger partial charge is 0.342 e. The van der Waals surface area contributed by atoms with E-state index in [1.807, 2.05) is 11.8 Å².